The highest BCUT2D eigenvalue weighted by atomic mass is 16.5. The van der Waals surface area contributed by atoms with Gasteiger partial charge in [0.05, 0.1) is 6.04 Å². The van der Waals surface area contributed by atoms with E-state index in [2.05, 4.69) is 5.32 Å². The molecular weight excluding hydrogens is 254 g/mol. The number of rotatable bonds is 7. The Hall–Kier alpha value is -1.39. The van der Waals surface area contributed by atoms with Crippen LogP contribution in [0, 0.1) is 0 Å². The highest BCUT2D eigenvalue weighted by molar-refractivity contribution is 5.94. The summed E-state index contributed by atoms with van der Waals surface area (Å²) in [6.07, 6.45) is 4.70. The first-order valence-electron chi connectivity index (χ1n) is 7.40. The fraction of sp³-hybridized carbons (Fsp3) is 0.562. The summed E-state index contributed by atoms with van der Waals surface area (Å²) in [7, 11) is 0. The Labute approximate surface area is 120 Å². The number of benzene rings is 1. The SMILES string of the molecule is CC(=O)c1ccc(OC[C@@H](O)C[NH2+]C2CCCC2)cc1. The van der Waals surface area contributed by atoms with Gasteiger partial charge in [-0.1, -0.05) is 0 Å². The molecule has 0 radical (unpaired) electrons. The Bertz CT molecular complexity index is 424. The Morgan fingerprint density at radius 2 is 2.00 bits per heavy atom. The van der Waals surface area contributed by atoms with Crippen LogP contribution < -0.4 is 10.1 Å². The number of hydrogen-bond donors (Lipinski definition) is 2. The predicted molar refractivity (Wildman–Crippen MR) is 77.0 cm³/mol. The van der Waals surface area contributed by atoms with Crippen molar-refractivity contribution < 1.29 is 20.0 Å². The number of ether oxygens (including phenoxy) is 1. The molecule has 1 aliphatic rings. The molecule has 0 aromatic heterocycles. The molecule has 0 amide bonds. The van der Waals surface area contributed by atoms with Crippen LogP contribution in [-0.2, 0) is 0 Å². The first-order chi connectivity index (χ1) is 9.65. The molecule has 20 heavy (non-hydrogen) atoms. The van der Waals surface area contributed by atoms with Crippen molar-refractivity contribution in [3.63, 3.8) is 0 Å². The molecule has 1 aromatic rings. The van der Waals surface area contributed by atoms with Crippen LogP contribution in [0.1, 0.15) is 43.0 Å². The number of aliphatic hydroxyl groups excluding tert-OH is 1. The summed E-state index contributed by atoms with van der Waals surface area (Å²) < 4.78 is 5.54. The van der Waals surface area contributed by atoms with Crippen LogP contribution in [0.25, 0.3) is 0 Å². The predicted octanol–water partition coefficient (Wildman–Crippen LogP) is 1.13. The smallest absolute Gasteiger partial charge is 0.159 e. The molecule has 1 fully saturated rings. The fourth-order valence-corrected chi connectivity index (χ4v) is 2.59. The van der Waals surface area contributed by atoms with Crippen molar-refractivity contribution in [2.75, 3.05) is 13.2 Å². The van der Waals surface area contributed by atoms with Crippen LogP contribution in [0.5, 0.6) is 5.75 Å². The molecule has 0 aliphatic heterocycles. The number of carbonyl (C=O) groups excluding carboxylic acids is 1. The number of Topliss-reactive ketones (excluding diaryl/α,β-unsaturated/α-hetero) is 1. The summed E-state index contributed by atoms with van der Waals surface area (Å²) in [5.74, 6) is 0.734. The van der Waals surface area contributed by atoms with Crippen LogP contribution >= 0.6 is 0 Å². The molecule has 0 saturated heterocycles. The highest BCUT2D eigenvalue weighted by Gasteiger charge is 2.19. The van der Waals surface area contributed by atoms with Gasteiger partial charge < -0.3 is 15.2 Å². The monoisotopic (exact) mass is 278 g/mol. The van der Waals surface area contributed by atoms with Crippen LogP contribution in [0.15, 0.2) is 24.3 Å². The number of quaternary nitrogens is 1. The number of hydrogen-bond acceptors (Lipinski definition) is 3. The summed E-state index contributed by atoms with van der Waals surface area (Å²) in [6.45, 7) is 2.53. The van der Waals surface area contributed by atoms with Gasteiger partial charge in [0, 0.05) is 5.56 Å². The van der Waals surface area contributed by atoms with Crippen LogP contribution in [0.3, 0.4) is 0 Å². The maximum absolute atomic E-state index is 11.1. The second kappa shape index (κ2) is 7.41. The van der Waals surface area contributed by atoms with Crippen molar-refractivity contribution in [2.45, 2.75) is 44.8 Å². The summed E-state index contributed by atoms with van der Waals surface area (Å²) in [5.41, 5.74) is 0.674. The van der Waals surface area contributed by atoms with E-state index in [9.17, 15) is 9.90 Å². The van der Waals surface area contributed by atoms with Crippen molar-refractivity contribution in [1.29, 1.82) is 0 Å². The summed E-state index contributed by atoms with van der Waals surface area (Å²) >= 11 is 0. The van der Waals surface area contributed by atoms with Gasteiger partial charge in [0.25, 0.3) is 0 Å². The fourth-order valence-electron chi connectivity index (χ4n) is 2.59. The second-order valence-corrected chi connectivity index (χ2v) is 5.56. The molecule has 0 heterocycles. The summed E-state index contributed by atoms with van der Waals surface area (Å²) in [5, 5.41) is 12.1. The molecule has 1 saturated carbocycles. The molecular formula is C16H24NO3+. The van der Waals surface area contributed by atoms with Crippen LogP contribution in [0.4, 0.5) is 0 Å². The number of ketones is 1. The van der Waals surface area contributed by atoms with Gasteiger partial charge in [-0.3, -0.25) is 4.79 Å². The zero-order valence-electron chi connectivity index (χ0n) is 12.0. The van der Waals surface area contributed by atoms with Crippen molar-refractivity contribution >= 4 is 5.78 Å². The third kappa shape index (κ3) is 4.62. The van der Waals surface area contributed by atoms with Gasteiger partial charge in [-0.25, -0.2) is 0 Å². The average molecular weight is 278 g/mol. The summed E-state index contributed by atoms with van der Waals surface area (Å²) in [6, 6.07) is 7.71. The van der Waals surface area contributed by atoms with Crippen LogP contribution in [-0.4, -0.2) is 36.2 Å². The zero-order chi connectivity index (χ0) is 14.4. The van der Waals surface area contributed by atoms with E-state index in [-0.39, 0.29) is 5.78 Å². The zero-order valence-corrected chi connectivity index (χ0v) is 12.0. The minimum absolute atomic E-state index is 0.0442. The van der Waals surface area contributed by atoms with E-state index in [1.807, 2.05) is 0 Å². The molecule has 1 aliphatic carbocycles. The first kappa shape index (κ1) is 15.0. The van der Waals surface area contributed by atoms with Gasteiger partial charge in [0.2, 0.25) is 0 Å². The van der Waals surface area contributed by atoms with E-state index < -0.39 is 6.10 Å². The van der Waals surface area contributed by atoms with Gasteiger partial charge in [-0.05, 0) is 56.9 Å². The Balaban J connectivity index is 1.69. The lowest BCUT2D eigenvalue weighted by atomic mass is 10.1. The van der Waals surface area contributed by atoms with Crippen molar-refractivity contribution in [3.8, 4) is 5.75 Å². The Morgan fingerprint density at radius 3 is 2.60 bits per heavy atom. The molecule has 0 bridgehead atoms. The van der Waals surface area contributed by atoms with E-state index >= 15 is 0 Å². The second-order valence-electron chi connectivity index (χ2n) is 5.56. The average Bonchev–Trinajstić information content (AvgIpc) is 2.96. The third-order valence-electron chi connectivity index (χ3n) is 3.84. The van der Waals surface area contributed by atoms with Gasteiger partial charge >= 0.3 is 0 Å². The van der Waals surface area contributed by atoms with E-state index in [0.29, 0.717) is 30.5 Å². The normalized spacial score (nSPS) is 17.1. The lowest BCUT2D eigenvalue weighted by molar-refractivity contribution is -0.693. The minimum Gasteiger partial charge on any atom is -0.491 e. The minimum atomic E-state index is -0.455. The van der Waals surface area contributed by atoms with Crippen molar-refractivity contribution in [3.05, 3.63) is 29.8 Å². The van der Waals surface area contributed by atoms with Gasteiger partial charge in [0.1, 0.15) is 25.0 Å². The molecule has 0 spiro atoms. The van der Waals surface area contributed by atoms with Crippen molar-refractivity contribution in [2.24, 2.45) is 0 Å². The molecule has 3 N–H and O–H groups in total. The molecule has 1 atom stereocenters. The maximum atomic E-state index is 11.1. The summed E-state index contributed by atoms with van der Waals surface area (Å²) in [4.78, 5) is 11.1. The molecule has 0 unspecified atom stereocenters. The lowest BCUT2D eigenvalue weighted by Gasteiger charge is -2.14. The third-order valence-corrected chi connectivity index (χ3v) is 3.84. The number of nitrogens with two attached hydrogens (primary N) is 1. The maximum Gasteiger partial charge on any atom is 0.159 e. The van der Waals surface area contributed by atoms with E-state index in [1.165, 1.54) is 25.7 Å². The van der Waals surface area contributed by atoms with E-state index in [1.54, 1.807) is 31.2 Å². The molecule has 1 aromatic carbocycles. The Kier molecular flexibility index (Phi) is 5.56. The van der Waals surface area contributed by atoms with E-state index in [0.717, 1.165) is 0 Å². The van der Waals surface area contributed by atoms with E-state index in [4.69, 9.17) is 4.74 Å². The number of carbonyl (C=O) groups is 1. The highest BCUT2D eigenvalue weighted by Crippen LogP contribution is 2.14. The quantitative estimate of drug-likeness (QED) is 0.735. The lowest BCUT2D eigenvalue weighted by Crippen LogP contribution is -2.91. The number of aliphatic hydroxyl groups is 1. The molecule has 2 rings (SSSR count). The topological polar surface area (TPSA) is 63.1 Å². The van der Waals surface area contributed by atoms with Crippen LogP contribution in [0.2, 0.25) is 0 Å². The van der Waals surface area contributed by atoms with Gasteiger partial charge in [0.15, 0.2) is 5.78 Å². The molecule has 4 nitrogen and oxygen atoms in total. The molecule has 4 heteroatoms. The first-order valence-corrected chi connectivity index (χ1v) is 7.40. The van der Waals surface area contributed by atoms with Gasteiger partial charge in [-0.2, -0.15) is 0 Å². The Morgan fingerprint density at radius 1 is 1.35 bits per heavy atom. The van der Waals surface area contributed by atoms with Crippen molar-refractivity contribution in [1.82, 2.24) is 0 Å². The standard InChI is InChI=1S/C16H23NO3/c1-12(18)13-6-8-16(9-7-13)20-11-15(19)10-17-14-4-2-3-5-14/h6-9,14-15,17,19H,2-5,10-11H2,1H3/p+1/t15-/m0/s1. The molecule has 110 valence electrons. The largest absolute Gasteiger partial charge is 0.491 e. The van der Waals surface area contributed by atoms with Gasteiger partial charge in [-0.15, -0.1) is 0 Å².